The van der Waals surface area contributed by atoms with Crippen molar-refractivity contribution < 1.29 is 4.74 Å². The number of ether oxygens (including phenoxy) is 1. The van der Waals surface area contributed by atoms with E-state index in [0.717, 1.165) is 35.4 Å². The van der Waals surface area contributed by atoms with Crippen LogP contribution in [0.4, 0.5) is 11.8 Å². The van der Waals surface area contributed by atoms with Crippen molar-refractivity contribution in [2.24, 2.45) is 0 Å². The van der Waals surface area contributed by atoms with Crippen LogP contribution in [0.2, 0.25) is 0 Å². The molecule has 0 radical (unpaired) electrons. The number of aromatic nitrogens is 2. The van der Waals surface area contributed by atoms with Gasteiger partial charge in [-0.15, -0.1) is 0 Å². The Balaban J connectivity index is 1.48. The Kier molecular flexibility index (Phi) is 5.86. The molecule has 0 aliphatic carbocycles. The van der Waals surface area contributed by atoms with Gasteiger partial charge in [0, 0.05) is 18.5 Å². The first kappa shape index (κ1) is 18.7. The zero-order valence-electron chi connectivity index (χ0n) is 16.4. The molecule has 146 valence electrons. The molecule has 0 spiro atoms. The molecule has 0 atom stereocenters. The predicted octanol–water partition coefficient (Wildman–Crippen LogP) is 4.91. The lowest BCUT2D eigenvalue weighted by molar-refractivity contribution is 0.414. The van der Waals surface area contributed by atoms with Gasteiger partial charge in [-0.05, 0) is 41.8 Å². The minimum absolute atomic E-state index is 0.627. The van der Waals surface area contributed by atoms with E-state index in [1.54, 1.807) is 7.11 Å². The molecule has 0 fully saturated rings. The van der Waals surface area contributed by atoms with Crippen LogP contribution in [0, 0.1) is 0 Å². The van der Waals surface area contributed by atoms with E-state index < -0.39 is 0 Å². The molecule has 29 heavy (non-hydrogen) atoms. The summed E-state index contributed by atoms with van der Waals surface area (Å²) < 4.78 is 5.29. The van der Waals surface area contributed by atoms with Gasteiger partial charge in [0.2, 0.25) is 5.95 Å². The van der Waals surface area contributed by atoms with Crippen molar-refractivity contribution in [2.45, 2.75) is 13.0 Å². The fourth-order valence-corrected chi connectivity index (χ4v) is 3.22. The molecule has 0 saturated heterocycles. The topological polar surface area (TPSA) is 59.1 Å². The van der Waals surface area contributed by atoms with Gasteiger partial charge in [-0.25, -0.2) is 4.98 Å². The number of methoxy groups -OCH3 is 1. The van der Waals surface area contributed by atoms with Crippen molar-refractivity contribution in [3.8, 4) is 5.75 Å². The van der Waals surface area contributed by atoms with Crippen molar-refractivity contribution in [3.05, 3.63) is 90.0 Å². The van der Waals surface area contributed by atoms with Crippen LogP contribution >= 0.6 is 0 Å². The van der Waals surface area contributed by atoms with Crippen LogP contribution < -0.4 is 15.4 Å². The zero-order valence-corrected chi connectivity index (χ0v) is 16.4. The summed E-state index contributed by atoms with van der Waals surface area (Å²) in [6.45, 7) is 1.45. The average molecular weight is 384 g/mol. The highest BCUT2D eigenvalue weighted by Gasteiger charge is 2.07. The van der Waals surface area contributed by atoms with Gasteiger partial charge in [0.1, 0.15) is 11.6 Å². The molecular weight excluding hydrogens is 360 g/mol. The number of benzene rings is 3. The summed E-state index contributed by atoms with van der Waals surface area (Å²) in [5.74, 6) is 2.34. The van der Waals surface area contributed by atoms with E-state index in [2.05, 4.69) is 39.9 Å². The van der Waals surface area contributed by atoms with E-state index in [9.17, 15) is 0 Å². The quantitative estimate of drug-likeness (QED) is 0.452. The number of hydrogen-bond donors (Lipinski definition) is 2. The van der Waals surface area contributed by atoms with E-state index in [1.807, 2.05) is 54.6 Å². The third-order valence-electron chi connectivity index (χ3n) is 4.74. The second-order valence-electron chi connectivity index (χ2n) is 6.78. The first-order chi connectivity index (χ1) is 14.3. The smallest absolute Gasteiger partial charge is 0.225 e. The van der Waals surface area contributed by atoms with Crippen LogP contribution in [-0.4, -0.2) is 23.6 Å². The van der Waals surface area contributed by atoms with Gasteiger partial charge in [-0.3, -0.25) is 0 Å². The highest BCUT2D eigenvalue weighted by atomic mass is 16.5. The summed E-state index contributed by atoms with van der Waals surface area (Å²) in [6.07, 6.45) is 0.861. The van der Waals surface area contributed by atoms with Gasteiger partial charge in [-0.2, -0.15) is 4.98 Å². The predicted molar refractivity (Wildman–Crippen MR) is 118 cm³/mol. The Morgan fingerprint density at radius 2 is 1.59 bits per heavy atom. The first-order valence-corrected chi connectivity index (χ1v) is 9.73. The highest BCUT2D eigenvalue weighted by molar-refractivity contribution is 5.90. The van der Waals surface area contributed by atoms with Gasteiger partial charge >= 0.3 is 0 Å². The van der Waals surface area contributed by atoms with Crippen molar-refractivity contribution >= 4 is 22.7 Å². The Morgan fingerprint density at radius 3 is 2.45 bits per heavy atom. The molecule has 0 amide bonds. The summed E-state index contributed by atoms with van der Waals surface area (Å²) in [7, 11) is 1.68. The third kappa shape index (κ3) is 4.82. The fourth-order valence-electron chi connectivity index (χ4n) is 3.22. The van der Waals surface area contributed by atoms with E-state index in [0.29, 0.717) is 12.5 Å². The molecule has 1 heterocycles. The molecule has 4 aromatic rings. The van der Waals surface area contributed by atoms with Crippen LogP contribution in [0.3, 0.4) is 0 Å². The van der Waals surface area contributed by atoms with E-state index in [4.69, 9.17) is 9.72 Å². The van der Waals surface area contributed by atoms with Crippen molar-refractivity contribution in [3.63, 3.8) is 0 Å². The van der Waals surface area contributed by atoms with Crippen molar-refractivity contribution in [1.29, 1.82) is 0 Å². The van der Waals surface area contributed by atoms with E-state index >= 15 is 0 Å². The molecular formula is C24H24N4O. The van der Waals surface area contributed by atoms with Gasteiger partial charge in [0.15, 0.2) is 0 Å². The average Bonchev–Trinajstić information content (AvgIpc) is 2.78. The minimum atomic E-state index is 0.627. The monoisotopic (exact) mass is 384 g/mol. The summed E-state index contributed by atoms with van der Waals surface area (Å²) >= 11 is 0. The number of fused-ring (bicyclic) bond motifs is 1. The summed E-state index contributed by atoms with van der Waals surface area (Å²) in [5, 5.41) is 7.83. The molecule has 2 N–H and O–H groups in total. The molecule has 5 nitrogen and oxygen atoms in total. The number of hydrogen-bond acceptors (Lipinski definition) is 5. The molecule has 0 aliphatic heterocycles. The van der Waals surface area contributed by atoms with E-state index in [1.165, 1.54) is 11.1 Å². The Hall–Kier alpha value is -3.60. The molecule has 5 heteroatoms. The molecule has 0 aliphatic rings. The maximum Gasteiger partial charge on any atom is 0.225 e. The largest absolute Gasteiger partial charge is 0.497 e. The molecule has 3 aromatic carbocycles. The van der Waals surface area contributed by atoms with Crippen LogP contribution in [0.25, 0.3) is 10.9 Å². The third-order valence-corrected chi connectivity index (χ3v) is 4.74. The zero-order chi connectivity index (χ0) is 19.9. The second-order valence-corrected chi connectivity index (χ2v) is 6.78. The second kappa shape index (κ2) is 9.06. The lowest BCUT2D eigenvalue weighted by atomic mass is 10.1. The van der Waals surface area contributed by atoms with Gasteiger partial charge < -0.3 is 15.4 Å². The van der Waals surface area contributed by atoms with Gasteiger partial charge in [0.05, 0.1) is 12.6 Å². The molecule has 0 saturated carbocycles. The first-order valence-electron chi connectivity index (χ1n) is 9.73. The molecule has 0 unspecified atom stereocenters. The van der Waals surface area contributed by atoms with Crippen LogP contribution in [0.1, 0.15) is 11.1 Å². The van der Waals surface area contributed by atoms with Gasteiger partial charge in [0.25, 0.3) is 0 Å². The number of rotatable bonds is 8. The maximum absolute atomic E-state index is 5.29. The molecule has 1 aromatic heterocycles. The van der Waals surface area contributed by atoms with Crippen LogP contribution in [-0.2, 0) is 13.0 Å². The Labute approximate surface area is 170 Å². The van der Waals surface area contributed by atoms with Crippen LogP contribution in [0.15, 0.2) is 78.9 Å². The van der Waals surface area contributed by atoms with E-state index in [-0.39, 0.29) is 0 Å². The van der Waals surface area contributed by atoms with Gasteiger partial charge in [-0.1, -0.05) is 54.6 Å². The minimum Gasteiger partial charge on any atom is -0.497 e. The summed E-state index contributed by atoms with van der Waals surface area (Å²) in [4.78, 5) is 9.39. The number of para-hydroxylation sites is 1. The summed E-state index contributed by atoms with van der Waals surface area (Å²) in [6, 6.07) is 26.5. The SMILES string of the molecule is COc1cccc(CCNc2nc(NCc3ccccc3)c3ccccc3n2)c1. The summed E-state index contributed by atoms with van der Waals surface area (Å²) in [5.41, 5.74) is 3.34. The van der Waals surface area contributed by atoms with Crippen molar-refractivity contribution in [1.82, 2.24) is 9.97 Å². The standard InChI is InChI=1S/C24H24N4O/c1-29-20-11-7-10-18(16-20)14-15-25-24-27-22-13-6-5-12-21(22)23(28-24)26-17-19-8-3-2-4-9-19/h2-13,16H,14-15,17H2,1H3,(H2,25,26,27,28). The lowest BCUT2D eigenvalue weighted by Gasteiger charge is -2.12. The Bertz CT molecular complexity index is 1080. The van der Waals surface area contributed by atoms with Crippen molar-refractivity contribution in [2.75, 3.05) is 24.3 Å². The lowest BCUT2D eigenvalue weighted by Crippen LogP contribution is -2.10. The molecule has 0 bridgehead atoms. The maximum atomic E-state index is 5.29. The normalized spacial score (nSPS) is 10.7. The number of nitrogens with zero attached hydrogens (tertiary/aromatic N) is 2. The fraction of sp³-hybridized carbons (Fsp3) is 0.167. The highest BCUT2D eigenvalue weighted by Crippen LogP contribution is 2.22. The Morgan fingerprint density at radius 1 is 0.793 bits per heavy atom. The van der Waals surface area contributed by atoms with Crippen LogP contribution in [0.5, 0.6) is 5.75 Å². The number of nitrogens with one attached hydrogen (secondary N) is 2. The molecule has 4 rings (SSSR count). The number of anilines is 2.